The van der Waals surface area contributed by atoms with Crippen LogP contribution in [-0.4, -0.2) is 37.4 Å². The fraction of sp³-hybridized carbons (Fsp3) is 0.368. The van der Waals surface area contributed by atoms with E-state index in [1.165, 1.54) is 6.20 Å². The van der Waals surface area contributed by atoms with E-state index in [9.17, 15) is 13.2 Å². The van der Waals surface area contributed by atoms with Crippen LogP contribution in [0.5, 0.6) is 11.6 Å². The molecule has 0 saturated heterocycles. The average Bonchev–Trinajstić information content (AvgIpc) is 2.68. The van der Waals surface area contributed by atoms with Gasteiger partial charge in [0.25, 0.3) is 0 Å². The third-order valence-corrected chi connectivity index (χ3v) is 3.57. The van der Waals surface area contributed by atoms with Gasteiger partial charge < -0.3 is 20.1 Å². The Labute approximate surface area is 184 Å². The largest absolute Gasteiger partial charge is 0.497 e. The molecule has 0 unspecified atom stereocenters. The molecule has 29 heavy (non-hydrogen) atoms. The van der Waals surface area contributed by atoms with Gasteiger partial charge in [-0.05, 0) is 30.7 Å². The maximum Gasteiger partial charge on any atom is 0.422 e. The number of nitrogens with zero attached hydrogens (tertiary/aromatic N) is 2. The van der Waals surface area contributed by atoms with Crippen LogP contribution in [0.2, 0.25) is 0 Å². The summed E-state index contributed by atoms with van der Waals surface area (Å²) in [7, 11) is 1.60. The first-order valence-electron chi connectivity index (χ1n) is 8.70. The van der Waals surface area contributed by atoms with Crippen molar-refractivity contribution in [2.45, 2.75) is 26.2 Å². The second-order valence-corrected chi connectivity index (χ2v) is 5.77. The molecule has 2 aromatic rings. The number of aromatic nitrogens is 1. The zero-order valence-electron chi connectivity index (χ0n) is 16.1. The Bertz CT molecular complexity index is 788. The third kappa shape index (κ3) is 9.20. The van der Waals surface area contributed by atoms with Gasteiger partial charge in [0.05, 0.1) is 13.7 Å². The van der Waals surface area contributed by atoms with E-state index in [-0.39, 0.29) is 36.4 Å². The molecule has 2 N–H and O–H groups in total. The predicted octanol–water partition coefficient (Wildman–Crippen LogP) is 3.90. The van der Waals surface area contributed by atoms with Crippen LogP contribution >= 0.6 is 24.0 Å². The van der Waals surface area contributed by atoms with Gasteiger partial charge in [0, 0.05) is 24.8 Å². The van der Waals surface area contributed by atoms with Crippen LogP contribution < -0.4 is 20.1 Å². The van der Waals surface area contributed by atoms with E-state index >= 15 is 0 Å². The minimum absolute atomic E-state index is 0. The van der Waals surface area contributed by atoms with E-state index in [1.807, 2.05) is 31.2 Å². The molecule has 0 saturated carbocycles. The second kappa shape index (κ2) is 12.3. The lowest BCUT2D eigenvalue weighted by molar-refractivity contribution is -0.154. The Morgan fingerprint density at radius 3 is 2.66 bits per heavy atom. The van der Waals surface area contributed by atoms with E-state index < -0.39 is 12.8 Å². The van der Waals surface area contributed by atoms with Crippen molar-refractivity contribution in [3.05, 3.63) is 53.7 Å². The topological polar surface area (TPSA) is 67.8 Å². The molecular formula is C19H24F3IN4O2. The Morgan fingerprint density at radius 1 is 1.17 bits per heavy atom. The van der Waals surface area contributed by atoms with E-state index in [4.69, 9.17) is 9.47 Å². The van der Waals surface area contributed by atoms with Gasteiger partial charge in [-0.2, -0.15) is 13.2 Å². The van der Waals surface area contributed by atoms with Gasteiger partial charge in [-0.1, -0.05) is 18.2 Å². The van der Waals surface area contributed by atoms with E-state index in [1.54, 1.807) is 19.2 Å². The van der Waals surface area contributed by atoms with Crippen LogP contribution in [-0.2, 0) is 13.1 Å². The SMILES string of the molecule is CCNC(=NCc1cccc(OC)c1)NCc1cccnc1OCC(F)(F)F.I. The van der Waals surface area contributed by atoms with Gasteiger partial charge >= 0.3 is 6.18 Å². The van der Waals surface area contributed by atoms with Crippen molar-refractivity contribution < 1.29 is 22.6 Å². The van der Waals surface area contributed by atoms with E-state index in [0.717, 1.165) is 11.3 Å². The number of guanidine groups is 1. The maximum atomic E-state index is 12.4. The van der Waals surface area contributed by atoms with E-state index in [2.05, 4.69) is 20.6 Å². The highest BCUT2D eigenvalue weighted by molar-refractivity contribution is 14.0. The van der Waals surface area contributed by atoms with Crippen molar-refractivity contribution in [2.75, 3.05) is 20.3 Å². The second-order valence-electron chi connectivity index (χ2n) is 5.77. The molecule has 0 radical (unpaired) electrons. The summed E-state index contributed by atoms with van der Waals surface area (Å²) in [5, 5.41) is 6.17. The molecule has 0 amide bonds. The van der Waals surface area contributed by atoms with Crippen molar-refractivity contribution in [1.82, 2.24) is 15.6 Å². The number of rotatable bonds is 8. The lowest BCUT2D eigenvalue weighted by atomic mass is 10.2. The number of hydrogen-bond donors (Lipinski definition) is 2. The highest BCUT2D eigenvalue weighted by Gasteiger charge is 2.29. The monoisotopic (exact) mass is 524 g/mol. The number of pyridine rings is 1. The molecule has 0 aliphatic heterocycles. The zero-order chi connectivity index (χ0) is 20.4. The van der Waals surface area contributed by atoms with Crippen LogP contribution in [0.4, 0.5) is 13.2 Å². The summed E-state index contributed by atoms with van der Waals surface area (Å²) in [5.74, 6) is 1.21. The molecule has 1 heterocycles. The van der Waals surface area contributed by atoms with Crippen molar-refractivity contribution in [1.29, 1.82) is 0 Å². The van der Waals surface area contributed by atoms with Crippen LogP contribution in [0, 0.1) is 0 Å². The van der Waals surface area contributed by atoms with Gasteiger partial charge in [0.2, 0.25) is 5.88 Å². The average molecular weight is 524 g/mol. The Kier molecular flexibility index (Phi) is 10.6. The number of aliphatic imine (C=N–C) groups is 1. The number of methoxy groups -OCH3 is 1. The van der Waals surface area contributed by atoms with Gasteiger partial charge in [-0.25, -0.2) is 9.98 Å². The van der Waals surface area contributed by atoms with Crippen LogP contribution in [0.1, 0.15) is 18.1 Å². The van der Waals surface area contributed by atoms with Crippen LogP contribution in [0.25, 0.3) is 0 Å². The summed E-state index contributed by atoms with van der Waals surface area (Å²) < 4.78 is 47.2. The highest BCUT2D eigenvalue weighted by Crippen LogP contribution is 2.20. The van der Waals surface area contributed by atoms with E-state index in [0.29, 0.717) is 24.6 Å². The molecule has 6 nitrogen and oxygen atoms in total. The Balaban J connectivity index is 0.00000420. The number of benzene rings is 1. The summed E-state index contributed by atoms with van der Waals surface area (Å²) in [4.78, 5) is 8.37. The minimum Gasteiger partial charge on any atom is -0.497 e. The zero-order valence-corrected chi connectivity index (χ0v) is 18.5. The first-order chi connectivity index (χ1) is 13.4. The summed E-state index contributed by atoms with van der Waals surface area (Å²) >= 11 is 0. The lowest BCUT2D eigenvalue weighted by Crippen LogP contribution is -2.37. The highest BCUT2D eigenvalue weighted by atomic mass is 127. The number of halogens is 4. The van der Waals surface area contributed by atoms with Gasteiger partial charge in [0.15, 0.2) is 12.6 Å². The number of hydrogen-bond acceptors (Lipinski definition) is 4. The smallest absolute Gasteiger partial charge is 0.422 e. The summed E-state index contributed by atoms with van der Waals surface area (Å²) in [6.07, 6.45) is -3.04. The van der Waals surface area contributed by atoms with Crippen molar-refractivity contribution in [2.24, 2.45) is 4.99 Å². The molecule has 0 aliphatic carbocycles. The molecule has 0 fully saturated rings. The fourth-order valence-electron chi connectivity index (χ4n) is 2.30. The summed E-state index contributed by atoms with van der Waals surface area (Å²) in [6.45, 7) is 1.79. The number of alkyl halides is 3. The predicted molar refractivity (Wildman–Crippen MR) is 116 cm³/mol. The number of nitrogens with one attached hydrogen (secondary N) is 2. The van der Waals surface area contributed by atoms with Gasteiger partial charge in [-0.3, -0.25) is 0 Å². The molecule has 1 aromatic heterocycles. The molecule has 0 spiro atoms. The van der Waals surface area contributed by atoms with Gasteiger partial charge in [-0.15, -0.1) is 24.0 Å². The minimum atomic E-state index is -4.42. The standard InChI is InChI=1S/C19H23F3N4O2.HI/c1-3-23-18(25-11-14-6-4-8-16(10-14)27-2)26-12-15-7-5-9-24-17(15)28-13-19(20,21)22;/h4-10H,3,11-13H2,1-2H3,(H2,23,25,26);1H. The number of ether oxygens (including phenoxy) is 2. The van der Waals surface area contributed by atoms with Crippen molar-refractivity contribution >= 4 is 29.9 Å². The maximum absolute atomic E-state index is 12.4. The molecule has 0 aliphatic rings. The Morgan fingerprint density at radius 2 is 1.97 bits per heavy atom. The van der Waals surface area contributed by atoms with Crippen LogP contribution in [0.15, 0.2) is 47.6 Å². The molecule has 0 atom stereocenters. The molecular weight excluding hydrogens is 500 g/mol. The normalized spacial score (nSPS) is 11.4. The molecule has 10 heteroatoms. The summed E-state index contributed by atoms with van der Waals surface area (Å²) in [6, 6.07) is 10.8. The van der Waals surface area contributed by atoms with Crippen LogP contribution in [0.3, 0.4) is 0 Å². The first kappa shape index (κ1) is 24.8. The summed E-state index contributed by atoms with van der Waals surface area (Å²) in [5.41, 5.74) is 1.46. The lowest BCUT2D eigenvalue weighted by Gasteiger charge is -2.14. The van der Waals surface area contributed by atoms with Gasteiger partial charge in [0.1, 0.15) is 5.75 Å². The molecule has 2 rings (SSSR count). The van der Waals surface area contributed by atoms with Crippen molar-refractivity contribution in [3.8, 4) is 11.6 Å². The molecule has 1 aromatic carbocycles. The quantitative estimate of drug-likeness (QED) is 0.312. The third-order valence-electron chi connectivity index (χ3n) is 3.57. The first-order valence-corrected chi connectivity index (χ1v) is 8.70. The Hall–Kier alpha value is -2.24. The fourth-order valence-corrected chi connectivity index (χ4v) is 2.30. The molecule has 0 bridgehead atoms. The van der Waals surface area contributed by atoms with Crippen molar-refractivity contribution in [3.63, 3.8) is 0 Å². The molecule has 160 valence electrons.